The second-order valence-corrected chi connectivity index (χ2v) is 13.4. The van der Waals surface area contributed by atoms with Crippen molar-refractivity contribution in [1.29, 1.82) is 5.26 Å². The maximum Gasteiger partial charge on any atom is 0.224 e. The zero-order valence-electron chi connectivity index (χ0n) is 23.6. The smallest absolute Gasteiger partial charge is 0.224 e. The molecular weight excluding hydrogens is 484 g/mol. The molecule has 6 aliphatic rings. The average Bonchev–Trinajstić information content (AvgIpc) is 2.95. The molecule has 4 bridgehead atoms. The molecule has 5 fully saturated rings. The van der Waals surface area contributed by atoms with E-state index in [9.17, 15) is 10.4 Å². The second kappa shape index (κ2) is 11.6. The number of nitrogens with one attached hydrogen (secondary N) is 3. The molecule has 5 atom stereocenters. The third-order valence-corrected chi connectivity index (χ3v) is 10.8. The molecule has 39 heavy (non-hydrogen) atoms. The van der Waals surface area contributed by atoms with Crippen molar-refractivity contribution in [3.63, 3.8) is 0 Å². The highest BCUT2D eigenvalue weighted by atomic mass is 16.3. The predicted molar refractivity (Wildman–Crippen MR) is 155 cm³/mol. The van der Waals surface area contributed by atoms with Crippen molar-refractivity contribution in [3.05, 3.63) is 35.1 Å². The minimum atomic E-state index is 0.313. The Balaban J connectivity index is 1.06. The Kier molecular flexibility index (Phi) is 7.95. The van der Waals surface area contributed by atoms with Crippen LogP contribution < -0.4 is 16.0 Å². The zero-order chi connectivity index (χ0) is 26.8. The van der Waals surface area contributed by atoms with E-state index in [4.69, 9.17) is 4.98 Å². The van der Waals surface area contributed by atoms with E-state index < -0.39 is 0 Å². The van der Waals surface area contributed by atoms with E-state index in [-0.39, 0.29) is 0 Å². The number of aliphatic hydroxyl groups is 1. The summed E-state index contributed by atoms with van der Waals surface area (Å²) in [5, 5.41) is 30.3. The third-order valence-electron chi connectivity index (χ3n) is 10.8. The number of allylic oxidation sites excluding steroid dienone is 2. The van der Waals surface area contributed by atoms with Gasteiger partial charge in [0.15, 0.2) is 0 Å². The first-order valence-corrected chi connectivity index (χ1v) is 15.5. The number of nitrogens with zero attached hydrogens (tertiary/aromatic N) is 3. The van der Waals surface area contributed by atoms with Crippen LogP contribution in [0.3, 0.4) is 0 Å². The van der Waals surface area contributed by atoms with Crippen molar-refractivity contribution in [3.8, 4) is 6.07 Å². The summed E-state index contributed by atoms with van der Waals surface area (Å²) < 4.78 is 0. The molecule has 1 aromatic rings. The molecule has 1 heterocycles. The van der Waals surface area contributed by atoms with Gasteiger partial charge >= 0.3 is 0 Å². The molecule has 6 aliphatic carbocycles. The number of anilines is 2. The van der Waals surface area contributed by atoms with E-state index in [1.54, 1.807) is 6.20 Å². The van der Waals surface area contributed by atoms with Gasteiger partial charge in [-0.15, -0.1) is 0 Å². The van der Waals surface area contributed by atoms with E-state index in [2.05, 4.69) is 46.1 Å². The fraction of sp³-hybridized carbons (Fsp3) is 0.719. The summed E-state index contributed by atoms with van der Waals surface area (Å²) in [6.07, 6.45) is 20.0. The number of hydrogen-bond acceptors (Lipinski definition) is 7. The van der Waals surface area contributed by atoms with Crippen LogP contribution in [0.5, 0.6) is 0 Å². The molecule has 0 aromatic carbocycles. The molecule has 0 radical (unpaired) electrons. The predicted octanol–water partition coefficient (Wildman–Crippen LogP) is 5.42. The molecule has 7 rings (SSSR count). The maximum atomic E-state index is 9.74. The second-order valence-electron chi connectivity index (χ2n) is 13.4. The highest BCUT2D eigenvalue weighted by Gasteiger charge is 2.55. The molecule has 0 amide bonds. The van der Waals surface area contributed by atoms with Crippen LogP contribution >= 0.6 is 0 Å². The molecule has 0 aliphatic heterocycles. The lowest BCUT2D eigenvalue weighted by molar-refractivity contribution is -0.0703. The van der Waals surface area contributed by atoms with Crippen LogP contribution in [0.15, 0.2) is 29.5 Å². The minimum absolute atomic E-state index is 0.313. The van der Waals surface area contributed by atoms with Gasteiger partial charge in [-0.3, -0.25) is 0 Å². The van der Waals surface area contributed by atoms with Crippen molar-refractivity contribution in [2.75, 3.05) is 36.9 Å². The van der Waals surface area contributed by atoms with Gasteiger partial charge in [-0.1, -0.05) is 17.7 Å². The van der Waals surface area contributed by atoms with E-state index in [1.807, 2.05) is 0 Å². The highest BCUT2D eigenvalue weighted by molar-refractivity contribution is 5.54. The molecule has 210 valence electrons. The Morgan fingerprint density at radius 2 is 1.77 bits per heavy atom. The van der Waals surface area contributed by atoms with Gasteiger partial charge in [0.2, 0.25) is 5.95 Å². The molecule has 0 spiro atoms. The van der Waals surface area contributed by atoms with Crippen LogP contribution in [-0.2, 0) is 0 Å². The normalized spacial score (nSPS) is 35.2. The number of aliphatic hydroxyl groups excluding tert-OH is 1. The van der Waals surface area contributed by atoms with Gasteiger partial charge in [0.25, 0.3) is 0 Å². The van der Waals surface area contributed by atoms with Crippen molar-refractivity contribution in [2.24, 2.45) is 35.0 Å². The Hall–Kier alpha value is -2.43. The van der Waals surface area contributed by atoms with Crippen molar-refractivity contribution >= 4 is 11.8 Å². The summed E-state index contributed by atoms with van der Waals surface area (Å²) in [5.41, 5.74) is 3.46. The molecule has 7 nitrogen and oxygen atoms in total. The number of nitriles is 1. The monoisotopic (exact) mass is 530 g/mol. The Bertz CT molecular complexity index is 1110. The standard InChI is InChI=1S/C32H46N6O/c1-21-4-2-3-5-25(21)17-35-31-36-18-28(15-33)30(38-31)37-20-32-12-24-10-26(13-32)29(27(11-24)14-32)34-16-22-6-8-23(19-39)9-7-22/h4-5,18,22-24,26-27,29,34,39H,2-3,6-14,16-17,19-20H2,1H3,(H2,35,36,37,38)/t22-,23-,24?,26-,27?,29-,32-/m0/s1. The van der Waals surface area contributed by atoms with Crippen LogP contribution in [0.1, 0.15) is 83.1 Å². The zero-order valence-corrected chi connectivity index (χ0v) is 23.6. The molecule has 2 unspecified atom stereocenters. The lowest BCUT2D eigenvalue weighted by Crippen LogP contribution is -2.60. The minimum Gasteiger partial charge on any atom is -0.396 e. The number of aromatic nitrogens is 2. The third kappa shape index (κ3) is 5.88. The quantitative estimate of drug-likeness (QED) is 0.320. The SMILES string of the molecule is CC1=CCCC=C1CNc1ncc(C#N)c(NC[C@]23CC4CC(C2)[C@@H](NC[C@H]2CC[C@H](CO)CC2)[C@@H](C4)C3)n1. The van der Waals surface area contributed by atoms with E-state index in [1.165, 1.54) is 68.9 Å². The summed E-state index contributed by atoms with van der Waals surface area (Å²) in [7, 11) is 0. The van der Waals surface area contributed by atoms with Gasteiger partial charge in [0.1, 0.15) is 17.5 Å². The number of hydrogen-bond donors (Lipinski definition) is 4. The largest absolute Gasteiger partial charge is 0.396 e. The van der Waals surface area contributed by atoms with Crippen LogP contribution in [0.2, 0.25) is 0 Å². The van der Waals surface area contributed by atoms with Gasteiger partial charge in [-0.25, -0.2) is 4.98 Å². The summed E-state index contributed by atoms with van der Waals surface area (Å²) in [6, 6.07) is 2.96. The van der Waals surface area contributed by atoms with Gasteiger partial charge in [-0.2, -0.15) is 10.2 Å². The van der Waals surface area contributed by atoms with E-state index in [0.717, 1.165) is 49.6 Å². The molecule has 0 saturated heterocycles. The fourth-order valence-corrected chi connectivity index (χ4v) is 8.85. The molecule has 1 aromatic heterocycles. The summed E-state index contributed by atoms with van der Waals surface area (Å²) in [6.45, 7) is 5.28. The van der Waals surface area contributed by atoms with E-state index in [0.29, 0.717) is 47.9 Å². The van der Waals surface area contributed by atoms with Gasteiger partial charge in [-0.05, 0) is 125 Å². The Labute approximate surface area is 234 Å². The lowest BCUT2D eigenvalue weighted by atomic mass is 9.48. The first-order chi connectivity index (χ1) is 19.0. The highest BCUT2D eigenvalue weighted by Crippen LogP contribution is 2.60. The molecule has 5 saturated carbocycles. The first-order valence-electron chi connectivity index (χ1n) is 15.5. The number of rotatable bonds is 10. The maximum absolute atomic E-state index is 9.74. The van der Waals surface area contributed by atoms with Gasteiger partial charge in [0.05, 0.1) is 6.20 Å². The van der Waals surface area contributed by atoms with Crippen LogP contribution in [0, 0.1) is 46.3 Å². The Morgan fingerprint density at radius 1 is 1.03 bits per heavy atom. The molecule has 7 heteroatoms. The molecular formula is C32H46N6O. The van der Waals surface area contributed by atoms with E-state index >= 15 is 0 Å². The summed E-state index contributed by atoms with van der Waals surface area (Å²) in [4.78, 5) is 9.17. The van der Waals surface area contributed by atoms with Crippen molar-refractivity contribution in [1.82, 2.24) is 15.3 Å². The van der Waals surface area contributed by atoms with Crippen molar-refractivity contribution in [2.45, 2.75) is 83.6 Å². The summed E-state index contributed by atoms with van der Waals surface area (Å²) in [5.74, 6) is 4.95. The topological polar surface area (TPSA) is 106 Å². The lowest BCUT2D eigenvalue weighted by Gasteiger charge is -2.60. The van der Waals surface area contributed by atoms with Crippen LogP contribution in [-0.4, -0.2) is 47.4 Å². The average molecular weight is 531 g/mol. The molecule has 4 N–H and O–H groups in total. The summed E-state index contributed by atoms with van der Waals surface area (Å²) >= 11 is 0. The van der Waals surface area contributed by atoms with Crippen molar-refractivity contribution < 1.29 is 5.11 Å². The fourth-order valence-electron chi connectivity index (χ4n) is 8.85. The van der Waals surface area contributed by atoms with Gasteiger partial charge in [0, 0.05) is 25.7 Å². The van der Waals surface area contributed by atoms with Crippen LogP contribution in [0.4, 0.5) is 11.8 Å². The van der Waals surface area contributed by atoms with Crippen LogP contribution in [0.25, 0.3) is 0 Å². The Morgan fingerprint density at radius 3 is 2.49 bits per heavy atom. The van der Waals surface area contributed by atoms with Gasteiger partial charge < -0.3 is 21.1 Å². The first kappa shape index (κ1) is 26.8.